The molecule has 2 aromatic heterocycles. The Kier molecular flexibility index (Phi) is 3.50. The number of pyridine rings is 1. The second-order valence-corrected chi connectivity index (χ2v) is 5.94. The molecule has 0 spiro atoms. The first kappa shape index (κ1) is 13.5. The zero-order chi connectivity index (χ0) is 14.0. The van der Waals surface area contributed by atoms with Crippen LogP contribution in [0.5, 0.6) is 0 Å². The Morgan fingerprint density at radius 1 is 1.58 bits per heavy atom. The van der Waals surface area contributed by atoms with Crippen molar-refractivity contribution in [3.63, 3.8) is 0 Å². The molecule has 0 amide bonds. The fourth-order valence-corrected chi connectivity index (χ4v) is 2.54. The summed E-state index contributed by atoms with van der Waals surface area (Å²) in [6.07, 6.45) is 1.20. The molecule has 0 fully saturated rings. The third-order valence-corrected chi connectivity index (χ3v) is 3.99. The van der Waals surface area contributed by atoms with Gasteiger partial charge in [0.15, 0.2) is 0 Å². The van der Waals surface area contributed by atoms with Gasteiger partial charge in [0.25, 0.3) is 5.71 Å². The molecule has 0 unspecified atom stereocenters. The molecule has 0 aromatic carbocycles. The summed E-state index contributed by atoms with van der Waals surface area (Å²) < 4.78 is 31.3. The number of hydrogen-bond acceptors (Lipinski definition) is 6. The number of nitrogens with one attached hydrogen (secondary N) is 1. The van der Waals surface area contributed by atoms with Crippen molar-refractivity contribution in [3.05, 3.63) is 18.0 Å². The number of hydrogen-bond donors (Lipinski definition) is 1. The smallest absolute Gasteiger partial charge is 0.257 e. The molecule has 0 aliphatic heterocycles. The summed E-state index contributed by atoms with van der Waals surface area (Å²) >= 11 is 0. The summed E-state index contributed by atoms with van der Waals surface area (Å²) in [6, 6.07) is 3.41. The SMILES string of the molecule is Cc1noc2ncc(S(=O)(=O)NC[C@H](C)C#N)cc12. The topological polar surface area (TPSA) is 109 Å². The fraction of sp³-hybridized carbons (Fsp3) is 0.364. The lowest BCUT2D eigenvalue weighted by Crippen LogP contribution is -2.28. The first-order valence-electron chi connectivity index (χ1n) is 5.55. The van der Waals surface area contributed by atoms with Gasteiger partial charge in [0.1, 0.15) is 4.90 Å². The Labute approximate surface area is 110 Å². The van der Waals surface area contributed by atoms with E-state index in [0.717, 1.165) is 0 Å². The van der Waals surface area contributed by atoms with E-state index in [1.165, 1.54) is 12.3 Å². The van der Waals surface area contributed by atoms with Gasteiger partial charge >= 0.3 is 0 Å². The van der Waals surface area contributed by atoms with E-state index in [-0.39, 0.29) is 11.4 Å². The van der Waals surface area contributed by atoms with Gasteiger partial charge in [0, 0.05) is 6.54 Å². The average molecular weight is 280 g/mol. The molecule has 100 valence electrons. The van der Waals surface area contributed by atoms with E-state index in [0.29, 0.717) is 16.8 Å². The molecule has 8 heteroatoms. The maximum Gasteiger partial charge on any atom is 0.257 e. The Hall–Kier alpha value is -1.98. The number of aromatic nitrogens is 2. The van der Waals surface area contributed by atoms with Crippen LogP contribution in [0.3, 0.4) is 0 Å². The Bertz CT molecular complexity index is 745. The largest absolute Gasteiger partial charge is 0.336 e. The van der Waals surface area contributed by atoms with Crippen molar-refractivity contribution >= 4 is 21.1 Å². The van der Waals surface area contributed by atoms with Gasteiger partial charge in [-0.05, 0) is 19.9 Å². The summed E-state index contributed by atoms with van der Waals surface area (Å²) in [5.41, 5.74) is 0.867. The number of aryl methyl sites for hydroxylation is 1. The highest BCUT2D eigenvalue weighted by atomic mass is 32.2. The molecule has 0 radical (unpaired) electrons. The van der Waals surface area contributed by atoms with E-state index >= 15 is 0 Å². The second kappa shape index (κ2) is 4.95. The summed E-state index contributed by atoms with van der Waals surface area (Å²) in [5, 5.41) is 12.9. The van der Waals surface area contributed by atoms with E-state index in [4.69, 9.17) is 9.78 Å². The predicted molar refractivity (Wildman–Crippen MR) is 66.5 cm³/mol. The maximum absolute atomic E-state index is 12.0. The van der Waals surface area contributed by atoms with Gasteiger partial charge in [-0.2, -0.15) is 5.26 Å². The fourth-order valence-electron chi connectivity index (χ4n) is 1.44. The molecule has 19 heavy (non-hydrogen) atoms. The van der Waals surface area contributed by atoms with Gasteiger partial charge in [-0.25, -0.2) is 18.1 Å². The first-order chi connectivity index (χ1) is 8.94. The van der Waals surface area contributed by atoms with Gasteiger partial charge in [0.2, 0.25) is 10.0 Å². The van der Waals surface area contributed by atoms with Gasteiger partial charge in [0.05, 0.1) is 29.3 Å². The molecule has 0 aliphatic rings. The molecular formula is C11H12N4O3S. The van der Waals surface area contributed by atoms with Crippen LogP contribution in [0, 0.1) is 24.2 Å². The zero-order valence-electron chi connectivity index (χ0n) is 10.4. The summed E-state index contributed by atoms with van der Waals surface area (Å²) in [7, 11) is -3.68. The van der Waals surface area contributed by atoms with E-state index < -0.39 is 15.9 Å². The number of fused-ring (bicyclic) bond motifs is 1. The summed E-state index contributed by atoms with van der Waals surface area (Å²) in [5.74, 6) is -0.399. The third-order valence-electron chi connectivity index (χ3n) is 2.60. The number of nitriles is 1. The Morgan fingerprint density at radius 3 is 3.00 bits per heavy atom. The second-order valence-electron chi connectivity index (χ2n) is 4.17. The first-order valence-corrected chi connectivity index (χ1v) is 7.03. The van der Waals surface area contributed by atoms with Gasteiger partial charge in [-0.3, -0.25) is 0 Å². The summed E-state index contributed by atoms with van der Waals surface area (Å²) in [4.78, 5) is 3.93. The minimum absolute atomic E-state index is 0.0245. The molecule has 0 saturated carbocycles. The van der Waals surface area contributed by atoms with Crippen molar-refractivity contribution in [1.29, 1.82) is 5.26 Å². The van der Waals surface area contributed by atoms with Crippen LogP contribution in [0.2, 0.25) is 0 Å². The summed E-state index contributed by atoms with van der Waals surface area (Å²) in [6.45, 7) is 3.39. The van der Waals surface area contributed by atoms with Gasteiger partial charge < -0.3 is 4.52 Å². The van der Waals surface area contributed by atoms with Crippen molar-refractivity contribution < 1.29 is 12.9 Å². The Balaban J connectivity index is 2.32. The molecule has 1 atom stereocenters. The minimum atomic E-state index is -3.68. The van der Waals surface area contributed by atoms with Crippen LogP contribution in [0.1, 0.15) is 12.6 Å². The lowest BCUT2D eigenvalue weighted by Gasteiger charge is -2.07. The van der Waals surface area contributed by atoms with Gasteiger partial charge in [-0.1, -0.05) is 5.16 Å². The van der Waals surface area contributed by atoms with Crippen LogP contribution >= 0.6 is 0 Å². The molecule has 1 N–H and O–H groups in total. The van der Waals surface area contributed by atoms with Crippen LogP contribution in [-0.4, -0.2) is 25.1 Å². The highest BCUT2D eigenvalue weighted by Gasteiger charge is 2.18. The number of rotatable bonds is 4. The quantitative estimate of drug-likeness (QED) is 0.893. The van der Waals surface area contributed by atoms with Crippen molar-refractivity contribution in [2.75, 3.05) is 6.54 Å². The van der Waals surface area contributed by atoms with E-state index in [1.807, 2.05) is 6.07 Å². The molecule has 0 aliphatic carbocycles. The zero-order valence-corrected chi connectivity index (χ0v) is 11.2. The van der Waals surface area contributed by atoms with Crippen LogP contribution < -0.4 is 4.72 Å². The molecule has 7 nitrogen and oxygen atoms in total. The monoisotopic (exact) mass is 280 g/mol. The highest BCUT2D eigenvalue weighted by molar-refractivity contribution is 7.89. The van der Waals surface area contributed by atoms with E-state index in [1.54, 1.807) is 13.8 Å². The lowest BCUT2D eigenvalue weighted by molar-refractivity contribution is 0.442. The maximum atomic E-state index is 12.0. The molecule has 2 rings (SSSR count). The molecule has 2 heterocycles. The van der Waals surface area contributed by atoms with Gasteiger partial charge in [-0.15, -0.1) is 0 Å². The normalized spacial score (nSPS) is 13.3. The molecule has 0 saturated heterocycles. The number of nitrogens with zero attached hydrogens (tertiary/aromatic N) is 3. The van der Waals surface area contributed by atoms with Crippen molar-refractivity contribution in [2.24, 2.45) is 5.92 Å². The average Bonchev–Trinajstić information content (AvgIpc) is 2.77. The minimum Gasteiger partial charge on any atom is -0.336 e. The van der Waals surface area contributed by atoms with Crippen molar-refractivity contribution in [3.8, 4) is 6.07 Å². The van der Waals surface area contributed by atoms with E-state index in [2.05, 4.69) is 14.9 Å². The van der Waals surface area contributed by atoms with Crippen LogP contribution in [0.4, 0.5) is 0 Å². The lowest BCUT2D eigenvalue weighted by atomic mass is 10.2. The Morgan fingerprint density at radius 2 is 2.32 bits per heavy atom. The molecule has 0 bridgehead atoms. The third kappa shape index (κ3) is 2.72. The van der Waals surface area contributed by atoms with E-state index in [9.17, 15) is 8.42 Å². The highest BCUT2D eigenvalue weighted by Crippen LogP contribution is 2.19. The standard InChI is InChI=1S/C11H12N4O3S/c1-7(4-12)5-14-19(16,17)9-3-10-8(2)15-18-11(10)13-6-9/h3,6-7,14H,5H2,1-2H3/t7-/m1/s1. The molecular weight excluding hydrogens is 268 g/mol. The van der Waals surface area contributed by atoms with Crippen molar-refractivity contribution in [1.82, 2.24) is 14.9 Å². The molecule has 2 aromatic rings. The van der Waals surface area contributed by atoms with Crippen LogP contribution in [0.25, 0.3) is 11.1 Å². The van der Waals surface area contributed by atoms with Crippen molar-refractivity contribution in [2.45, 2.75) is 18.7 Å². The predicted octanol–water partition coefficient (Wildman–Crippen LogP) is 0.969. The van der Waals surface area contributed by atoms with Crippen LogP contribution in [0.15, 0.2) is 21.7 Å². The van der Waals surface area contributed by atoms with Crippen LogP contribution in [-0.2, 0) is 10.0 Å². The number of sulfonamides is 1.